The monoisotopic (exact) mass is 197 g/mol. The van der Waals surface area contributed by atoms with Gasteiger partial charge in [0.15, 0.2) is 0 Å². The molecular formula is C11H19NS. The van der Waals surface area contributed by atoms with Crippen molar-refractivity contribution in [3.63, 3.8) is 0 Å². The molecule has 1 aromatic heterocycles. The van der Waals surface area contributed by atoms with Gasteiger partial charge >= 0.3 is 0 Å². The number of nitrogens with one attached hydrogen (secondary N) is 1. The predicted molar refractivity (Wildman–Crippen MR) is 60.5 cm³/mol. The average Bonchev–Trinajstić information content (AvgIpc) is 2.41. The third-order valence-corrected chi connectivity index (χ3v) is 3.59. The van der Waals surface area contributed by atoms with Crippen molar-refractivity contribution in [3.8, 4) is 0 Å². The lowest BCUT2D eigenvalue weighted by molar-refractivity contribution is 0.548. The van der Waals surface area contributed by atoms with Crippen LogP contribution >= 0.6 is 11.3 Å². The van der Waals surface area contributed by atoms with Gasteiger partial charge in [0.05, 0.1) is 0 Å². The molecule has 0 radical (unpaired) electrons. The standard InChI is InChI=1S/C11H19NS/c1-5-6-10(12-4)11-8(2)7-9(3)13-11/h7,10,12H,5-6H2,1-4H3. The molecule has 2 heteroatoms. The molecule has 1 nitrogen and oxygen atoms in total. The summed E-state index contributed by atoms with van der Waals surface area (Å²) >= 11 is 1.92. The van der Waals surface area contributed by atoms with Gasteiger partial charge in [-0.15, -0.1) is 11.3 Å². The second-order valence-electron chi connectivity index (χ2n) is 3.53. The maximum atomic E-state index is 3.38. The van der Waals surface area contributed by atoms with Crippen molar-refractivity contribution in [3.05, 3.63) is 21.4 Å². The first-order valence-corrected chi connectivity index (χ1v) is 5.74. The first kappa shape index (κ1) is 10.7. The number of aryl methyl sites for hydroxylation is 2. The zero-order valence-corrected chi connectivity index (χ0v) is 9.79. The molecule has 0 aromatic carbocycles. The quantitative estimate of drug-likeness (QED) is 0.780. The SMILES string of the molecule is CCCC(NC)c1sc(C)cc1C. The molecule has 1 rings (SSSR count). The van der Waals surface area contributed by atoms with Crippen LogP contribution in [0.1, 0.15) is 41.1 Å². The van der Waals surface area contributed by atoms with Gasteiger partial charge in [-0.2, -0.15) is 0 Å². The fourth-order valence-corrected chi connectivity index (χ4v) is 2.88. The summed E-state index contributed by atoms with van der Waals surface area (Å²) in [5.41, 5.74) is 1.44. The van der Waals surface area contributed by atoms with Gasteiger partial charge in [0.2, 0.25) is 0 Å². The minimum atomic E-state index is 0.559. The predicted octanol–water partition coefficient (Wildman–Crippen LogP) is 3.43. The van der Waals surface area contributed by atoms with E-state index in [4.69, 9.17) is 0 Å². The van der Waals surface area contributed by atoms with Crippen LogP contribution in [0.2, 0.25) is 0 Å². The van der Waals surface area contributed by atoms with Crippen LogP contribution < -0.4 is 5.32 Å². The molecule has 13 heavy (non-hydrogen) atoms. The molecule has 74 valence electrons. The van der Waals surface area contributed by atoms with Crippen LogP contribution in [0.25, 0.3) is 0 Å². The topological polar surface area (TPSA) is 12.0 Å². The van der Waals surface area contributed by atoms with Crippen molar-refractivity contribution >= 4 is 11.3 Å². The Hall–Kier alpha value is -0.340. The highest BCUT2D eigenvalue weighted by Gasteiger charge is 2.12. The minimum absolute atomic E-state index is 0.559. The van der Waals surface area contributed by atoms with E-state index in [-0.39, 0.29) is 0 Å². The first-order valence-electron chi connectivity index (χ1n) is 4.93. The summed E-state index contributed by atoms with van der Waals surface area (Å²) in [5.74, 6) is 0. The number of hydrogen-bond acceptors (Lipinski definition) is 2. The van der Waals surface area contributed by atoms with E-state index >= 15 is 0 Å². The van der Waals surface area contributed by atoms with Crippen molar-refractivity contribution < 1.29 is 0 Å². The van der Waals surface area contributed by atoms with E-state index in [1.54, 1.807) is 0 Å². The summed E-state index contributed by atoms with van der Waals surface area (Å²) in [5, 5.41) is 3.38. The molecule has 0 saturated carbocycles. The zero-order chi connectivity index (χ0) is 9.84. The smallest absolute Gasteiger partial charge is 0.0415 e. The fourth-order valence-electron chi connectivity index (χ4n) is 1.70. The van der Waals surface area contributed by atoms with Crippen molar-refractivity contribution in [1.29, 1.82) is 0 Å². The van der Waals surface area contributed by atoms with Gasteiger partial charge in [-0.1, -0.05) is 13.3 Å². The Labute approximate surface area is 85.2 Å². The Morgan fingerprint density at radius 2 is 2.15 bits per heavy atom. The van der Waals surface area contributed by atoms with E-state index in [9.17, 15) is 0 Å². The second-order valence-corrected chi connectivity index (χ2v) is 4.82. The maximum absolute atomic E-state index is 3.38. The molecule has 0 bridgehead atoms. The van der Waals surface area contributed by atoms with Crippen LogP contribution in [0.5, 0.6) is 0 Å². The molecule has 0 amide bonds. The van der Waals surface area contributed by atoms with Gasteiger partial charge in [0.25, 0.3) is 0 Å². The molecule has 0 saturated heterocycles. The highest BCUT2D eigenvalue weighted by Crippen LogP contribution is 2.29. The summed E-state index contributed by atoms with van der Waals surface area (Å²) in [4.78, 5) is 2.94. The highest BCUT2D eigenvalue weighted by atomic mass is 32.1. The number of hydrogen-bond donors (Lipinski definition) is 1. The van der Waals surface area contributed by atoms with E-state index in [1.807, 2.05) is 11.3 Å². The highest BCUT2D eigenvalue weighted by molar-refractivity contribution is 7.12. The Bertz CT molecular complexity index is 265. The molecule has 0 fully saturated rings. The lowest BCUT2D eigenvalue weighted by Gasteiger charge is -2.14. The number of rotatable bonds is 4. The maximum Gasteiger partial charge on any atom is 0.0415 e. The molecule has 0 spiro atoms. The Kier molecular flexibility index (Phi) is 3.94. The number of thiophene rings is 1. The lowest BCUT2D eigenvalue weighted by atomic mass is 10.1. The van der Waals surface area contributed by atoms with Crippen molar-refractivity contribution in [1.82, 2.24) is 5.32 Å². The minimum Gasteiger partial charge on any atom is -0.312 e. The molecule has 1 N–H and O–H groups in total. The van der Waals surface area contributed by atoms with Crippen LogP contribution in [0, 0.1) is 13.8 Å². The van der Waals surface area contributed by atoms with Gasteiger partial charge in [0, 0.05) is 15.8 Å². The summed E-state index contributed by atoms with van der Waals surface area (Å²) in [6.07, 6.45) is 2.47. The molecule has 1 aromatic rings. The van der Waals surface area contributed by atoms with Gasteiger partial charge in [0.1, 0.15) is 0 Å². The zero-order valence-electron chi connectivity index (χ0n) is 8.98. The van der Waals surface area contributed by atoms with Crippen LogP contribution in [-0.2, 0) is 0 Å². The summed E-state index contributed by atoms with van der Waals surface area (Å²) in [6.45, 7) is 6.62. The molecule has 1 heterocycles. The molecule has 1 unspecified atom stereocenters. The van der Waals surface area contributed by atoms with E-state index in [1.165, 1.54) is 28.2 Å². The summed E-state index contributed by atoms with van der Waals surface area (Å²) < 4.78 is 0. The van der Waals surface area contributed by atoms with Crippen molar-refractivity contribution in [2.75, 3.05) is 7.05 Å². The molecular weight excluding hydrogens is 178 g/mol. The molecule has 1 atom stereocenters. The Balaban J connectivity index is 2.83. The van der Waals surface area contributed by atoms with Gasteiger partial charge in [-0.3, -0.25) is 0 Å². The van der Waals surface area contributed by atoms with Gasteiger partial charge < -0.3 is 5.32 Å². The first-order chi connectivity index (χ1) is 6.19. The van der Waals surface area contributed by atoms with Crippen LogP contribution in [0.15, 0.2) is 6.07 Å². The van der Waals surface area contributed by atoms with Crippen LogP contribution in [0.3, 0.4) is 0 Å². The molecule has 0 aliphatic carbocycles. The van der Waals surface area contributed by atoms with E-state index < -0.39 is 0 Å². The summed E-state index contributed by atoms with van der Waals surface area (Å²) in [7, 11) is 2.05. The lowest BCUT2D eigenvalue weighted by Crippen LogP contribution is -2.15. The van der Waals surface area contributed by atoms with Gasteiger partial charge in [-0.05, 0) is 38.9 Å². The van der Waals surface area contributed by atoms with Crippen molar-refractivity contribution in [2.24, 2.45) is 0 Å². The largest absolute Gasteiger partial charge is 0.312 e. The third-order valence-electron chi connectivity index (χ3n) is 2.32. The normalized spacial score (nSPS) is 13.2. The Morgan fingerprint density at radius 3 is 2.54 bits per heavy atom. The average molecular weight is 197 g/mol. The molecule has 0 aliphatic heterocycles. The van der Waals surface area contributed by atoms with Crippen LogP contribution in [0.4, 0.5) is 0 Å². The van der Waals surface area contributed by atoms with E-state index in [0.717, 1.165) is 0 Å². The van der Waals surface area contributed by atoms with Gasteiger partial charge in [-0.25, -0.2) is 0 Å². The fraction of sp³-hybridized carbons (Fsp3) is 0.636. The van der Waals surface area contributed by atoms with E-state index in [2.05, 4.69) is 39.2 Å². The molecule has 0 aliphatic rings. The summed E-state index contributed by atoms with van der Waals surface area (Å²) in [6, 6.07) is 2.84. The third kappa shape index (κ3) is 2.55. The van der Waals surface area contributed by atoms with Crippen molar-refractivity contribution in [2.45, 2.75) is 39.7 Å². The van der Waals surface area contributed by atoms with Crippen LogP contribution in [-0.4, -0.2) is 7.05 Å². The second kappa shape index (κ2) is 4.77. The Morgan fingerprint density at radius 1 is 1.46 bits per heavy atom. The van der Waals surface area contributed by atoms with E-state index in [0.29, 0.717) is 6.04 Å².